The Bertz CT molecular complexity index is 392. The Morgan fingerprint density at radius 3 is 2.50 bits per heavy atom. The highest BCUT2D eigenvalue weighted by Gasteiger charge is 2.18. The number of rotatable bonds is 3. The highest BCUT2D eigenvalue weighted by atomic mass is 32.1. The first-order chi connectivity index (χ1) is 7.45. The van der Waals surface area contributed by atoms with Crippen molar-refractivity contribution in [2.24, 2.45) is 0 Å². The van der Waals surface area contributed by atoms with Gasteiger partial charge >= 0.3 is 5.97 Å². The highest BCUT2D eigenvalue weighted by molar-refractivity contribution is 7.14. The van der Waals surface area contributed by atoms with E-state index in [4.69, 9.17) is 0 Å². The van der Waals surface area contributed by atoms with Gasteiger partial charge in [0.2, 0.25) is 0 Å². The molecule has 0 aliphatic carbocycles. The van der Waals surface area contributed by atoms with Gasteiger partial charge in [0.15, 0.2) is 0 Å². The van der Waals surface area contributed by atoms with Crippen molar-refractivity contribution in [3.8, 4) is 0 Å². The molecule has 16 heavy (non-hydrogen) atoms. The van der Waals surface area contributed by atoms with Crippen LogP contribution in [0.3, 0.4) is 0 Å². The van der Waals surface area contributed by atoms with Gasteiger partial charge in [-0.1, -0.05) is 0 Å². The summed E-state index contributed by atoms with van der Waals surface area (Å²) in [6, 6.07) is 1.19. The van der Waals surface area contributed by atoms with Gasteiger partial charge in [0.05, 0.1) is 12.0 Å². The van der Waals surface area contributed by atoms with Crippen molar-refractivity contribution in [2.45, 2.75) is 26.8 Å². The first kappa shape index (κ1) is 12.7. The summed E-state index contributed by atoms with van der Waals surface area (Å²) in [5, 5.41) is 2.58. The maximum Gasteiger partial charge on any atom is 0.328 e. The van der Waals surface area contributed by atoms with E-state index in [0.29, 0.717) is 4.88 Å². The Hall–Kier alpha value is -1.36. The second-order valence-electron chi connectivity index (χ2n) is 3.57. The van der Waals surface area contributed by atoms with Crippen LogP contribution in [0.15, 0.2) is 6.07 Å². The molecule has 88 valence electrons. The van der Waals surface area contributed by atoms with Crippen LogP contribution in [0.1, 0.15) is 27.0 Å². The fourth-order valence-electron chi connectivity index (χ4n) is 1.19. The van der Waals surface area contributed by atoms with Crippen molar-refractivity contribution < 1.29 is 14.3 Å². The van der Waals surface area contributed by atoms with Crippen LogP contribution >= 0.6 is 11.3 Å². The van der Waals surface area contributed by atoms with E-state index in [9.17, 15) is 9.59 Å². The zero-order valence-corrected chi connectivity index (χ0v) is 10.6. The molecule has 4 nitrogen and oxygen atoms in total. The van der Waals surface area contributed by atoms with Gasteiger partial charge in [-0.15, -0.1) is 11.3 Å². The maximum atomic E-state index is 11.7. The number of aryl methyl sites for hydroxylation is 2. The Morgan fingerprint density at radius 1 is 1.44 bits per heavy atom. The van der Waals surface area contributed by atoms with Crippen molar-refractivity contribution in [3.63, 3.8) is 0 Å². The van der Waals surface area contributed by atoms with Gasteiger partial charge in [-0.05, 0) is 32.4 Å². The highest BCUT2D eigenvalue weighted by Crippen LogP contribution is 2.20. The summed E-state index contributed by atoms with van der Waals surface area (Å²) in [5.41, 5.74) is 1.08. The summed E-state index contributed by atoms with van der Waals surface area (Å²) in [4.78, 5) is 24.6. The summed E-state index contributed by atoms with van der Waals surface area (Å²) < 4.78 is 4.53. The molecule has 0 saturated heterocycles. The zero-order valence-electron chi connectivity index (χ0n) is 9.79. The molecule has 1 atom stereocenters. The number of hydrogen-bond donors (Lipinski definition) is 1. The molecule has 1 aromatic heterocycles. The molecule has 0 radical (unpaired) electrons. The quantitative estimate of drug-likeness (QED) is 0.819. The van der Waals surface area contributed by atoms with Crippen LogP contribution < -0.4 is 5.32 Å². The maximum absolute atomic E-state index is 11.7. The molecule has 1 unspecified atom stereocenters. The lowest BCUT2D eigenvalue weighted by molar-refractivity contribution is -0.142. The molecule has 0 aliphatic rings. The zero-order chi connectivity index (χ0) is 12.3. The lowest BCUT2D eigenvalue weighted by Gasteiger charge is -2.10. The largest absolute Gasteiger partial charge is 0.467 e. The van der Waals surface area contributed by atoms with E-state index in [-0.39, 0.29) is 5.91 Å². The minimum atomic E-state index is -0.625. The van der Waals surface area contributed by atoms with Crippen molar-refractivity contribution in [3.05, 3.63) is 21.4 Å². The molecule has 1 N–H and O–H groups in total. The van der Waals surface area contributed by atoms with E-state index in [0.717, 1.165) is 10.4 Å². The van der Waals surface area contributed by atoms with E-state index in [1.807, 2.05) is 19.9 Å². The van der Waals surface area contributed by atoms with Crippen molar-refractivity contribution in [2.75, 3.05) is 7.11 Å². The van der Waals surface area contributed by atoms with Crippen LogP contribution in [0, 0.1) is 13.8 Å². The van der Waals surface area contributed by atoms with E-state index in [1.165, 1.54) is 18.4 Å². The van der Waals surface area contributed by atoms with Crippen LogP contribution in [-0.4, -0.2) is 25.0 Å². The van der Waals surface area contributed by atoms with Crippen LogP contribution in [0.5, 0.6) is 0 Å². The third-order valence-electron chi connectivity index (χ3n) is 2.29. The molecule has 0 bridgehead atoms. The Morgan fingerprint density at radius 2 is 2.06 bits per heavy atom. The lowest BCUT2D eigenvalue weighted by atomic mass is 10.2. The summed E-state index contributed by atoms with van der Waals surface area (Å²) in [6.45, 7) is 5.50. The predicted molar refractivity (Wildman–Crippen MR) is 62.7 cm³/mol. The van der Waals surface area contributed by atoms with Crippen LogP contribution in [-0.2, 0) is 9.53 Å². The lowest BCUT2D eigenvalue weighted by Crippen LogP contribution is -2.38. The molecule has 0 fully saturated rings. The SMILES string of the molecule is COC(=O)C(C)NC(=O)c1cc(C)c(C)s1. The fourth-order valence-corrected chi connectivity index (χ4v) is 2.13. The Balaban J connectivity index is 2.69. The number of nitrogens with one attached hydrogen (secondary N) is 1. The molecule has 5 heteroatoms. The molecular weight excluding hydrogens is 226 g/mol. The Labute approximate surface area is 98.6 Å². The molecule has 1 heterocycles. The van der Waals surface area contributed by atoms with Crippen LogP contribution in [0.25, 0.3) is 0 Å². The Kier molecular flexibility index (Phi) is 4.06. The second-order valence-corrected chi connectivity index (χ2v) is 4.82. The van der Waals surface area contributed by atoms with Gasteiger partial charge in [0.1, 0.15) is 6.04 Å². The number of methoxy groups -OCH3 is 1. The first-order valence-corrected chi connectivity index (χ1v) is 5.73. The normalized spacial score (nSPS) is 12.0. The summed E-state index contributed by atoms with van der Waals surface area (Å²) in [6.07, 6.45) is 0. The topological polar surface area (TPSA) is 55.4 Å². The predicted octanol–water partition coefficient (Wildman–Crippen LogP) is 1.66. The third kappa shape index (κ3) is 2.82. The number of carbonyl (C=O) groups is 2. The molecule has 0 saturated carbocycles. The smallest absolute Gasteiger partial charge is 0.328 e. The summed E-state index contributed by atoms with van der Waals surface area (Å²) in [7, 11) is 1.30. The van der Waals surface area contributed by atoms with Crippen LogP contribution in [0.4, 0.5) is 0 Å². The average molecular weight is 241 g/mol. The van der Waals surface area contributed by atoms with Gasteiger partial charge in [-0.25, -0.2) is 4.79 Å². The van der Waals surface area contributed by atoms with Gasteiger partial charge in [0.25, 0.3) is 5.91 Å². The van der Waals surface area contributed by atoms with E-state index >= 15 is 0 Å². The number of hydrogen-bond acceptors (Lipinski definition) is 4. The van der Waals surface area contributed by atoms with Gasteiger partial charge < -0.3 is 10.1 Å². The first-order valence-electron chi connectivity index (χ1n) is 4.91. The fraction of sp³-hybridized carbons (Fsp3) is 0.455. The monoisotopic (exact) mass is 241 g/mol. The van der Waals surface area contributed by atoms with E-state index < -0.39 is 12.0 Å². The average Bonchev–Trinajstić information content (AvgIpc) is 2.58. The van der Waals surface area contributed by atoms with Gasteiger partial charge in [-0.3, -0.25) is 4.79 Å². The molecule has 1 rings (SSSR count). The molecule has 0 aliphatic heterocycles. The standard InChI is InChI=1S/C11H15NO3S/c1-6-5-9(16-8(6)3)10(13)12-7(2)11(14)15-4/h5,7H,1-4H3,(H,12,13). The second kappa shape index (κ2) is 5.12. The number of amides is 1. The third-order valence-corrected chi connectivity index (χ3v) is 3.44. The van der Waals surface area contributed by atoms with Gasteiger partial charge in [0, 0.05) is 4.88 Å². The number of esters is 1. The van der Waals surface area contributed by atoms with E-state index in [1.54, 1.807) is 6.92 Å². The summed E-state index contributed by atoms with van der Waals surface area (Å²) >= 11 is 1.42. The van der Waals surface area contributed by atoms with Crippen molar-refractivity contribution >= 4 is 23.2 Å². The van der Waals surface area contributed by atoms with Crippen LogP contribution in [0.2, 0.25) is 0 Å². The van der Waals surface area contributed by atoms with Gasteiger partial charge in [-0.2, -0.15) is 0 Å². The van der Waals surface area contributed by atoms with E-state index in [2.05, 4.69) is 10.1 Å². The number of ether oxygens (including phenoxy) is 1. The summed E-state index contributed by atoms with van der Waals surface area (Å²) in [5.74, 6) is -0.683. The van der Waals surface area contributed by atoms with Crippen molar-refractivity contribution in [1.29, 1.82) is 0 Å². The molecule has 1 aromatic rings. The number of thiophene rings is 1. The minimum absolute atomic E-state index is 0.237. The molecule has 0 spiro atoms. The minimum Gasteiger partial charge on any atom is -0.467 e. The van der Waals surface area contributed by atoms with Crippen molar-refractivity contribution in [1.82, 2.24) is 5.32 Å². The molecular formula is C11H15NO3S. The molecule has 0 aromatic carbocycles. The number of carbonyl (C=O) groups excluding carboxylic acids is 2. The molecule has 1 amide bonds.